The molecule has 2 heterocycles. The normalized spacial score (nSPS) is 11.5. The lowest BCUT2D eigenvalue weighted by molar-refractivity contribution is -0.604. The first-order valence-electron chi connectivity index (χ1n) is 8.82. The summed E-state index contributed by atoms with van der Waals surface area (Å²) in [5.74, 6) is 0. The Hall–Kier alpha value is -3.79. The number of rotatable bonds is 3. The van der Waals surface area contributed by atoms with Crippen LogP contribution in [0.3, 0.4) is 0 Å². The largest absolute Gasteiger partial charge is 0.619 e. The highest BCUT2D eigenvalue weighted by atomic mass is 35.5. The maximum absolute atomic E-state index is 12.9. The number of nitrogens with one attached hydrogen (secondary N) is 2. The first-order valence-corrected chi connectivity index (χ1v) is 9.19. The molecule has 4 rings (SSSR count). The number of imidazole rings is 1. The third-order valence-corrected chi connectivity index (χ3v) is 4.73. The van der Waals surface area contributed by atoms with Crippen molar-refractivity contribution in [2.45, 2.75) is 6.18 Å². The molecule has 0 saturated heterocycles. The second kappa shape index (κ2) is 7.80. The molecule has 0 unspecified atom stereocenters. The predicted octanol–water partition coefficient (Wildman–Crippen LogP) is 4.98. The van der Waals surface area contributed by atoms with Gasteiger partial charge in [0.15, 0.2) is 11.7 Å². The number of hydrogen-bond acceptors (Lipinski definition) is 3. The van der Waals surface area contributed by atoms with Gasteiger partial charge in [0.25, 0.3) is 0 Å². The summed E-state index contributed by atoms with van der Waals surface area (Å²) in [7, 11) is 0. The number of nitrogens with zero attached hydrogens (tertiary/aromatic N) is 3. The number of halogens is 4. The van der Waals surface area contributed by atoms with Crippen molar-refractivity contribution >= 4 is 40.0 Å². The highest BCUT2D eigenvalue weighted by Gasteiger charge is 2.33. The van der Waals surface area contributed by atoms with Crippen LogP contribution in [0, 0.1) is 5.21 Å². The van der Waals surface area contributed by atoms with Crippen LogP contribution in [0.1, 0.15) is 5.56 Å². The van der Waals surface area contributed by atoms with Crippen molar-refractivity contribution in [1.82, 2.24) is 9.55 Å². The Kier molecular flexibility index (Phi) is 5.15. The van der Waals surface area contributed by atoms with Gasteiger partial charge < -0.3 is 15.8 Å². The van der Waals surface area contributed by atoms with Gasteiger partial charge in [-0.15, -0.1) is 0 Å². The van der Waals surface area contributed by atoms with Crippen molar-refractivity contribution in [3.05, 3.63) is 83.0 Å². The van der Waals surface area contributed by atoms with E-state index in [0.29, 0.717) is 15.9 Å². The number of benzene rings is 2. The van der Waals surface area contributed by atoms with Crippen molar-refractivity contribution < 1.29 is 22.7 Å². The van der Waals surface area contributed by atoms with Gasteiger partial charge in [-0.2, -0.15) is 17.9 Å². The fourth-order valence-electron chi connectivity index (χ4n) is 2.97. The lowest BCUT2D eigenvalue weighted by Gasteiger charge is -2.12. The summed E-state index contributed by atoms with van der Waals surface area (Å²) in [5, 5.41) is 15.8. The summed E-state index contributed by atoms with van der Waals surface area (Å²) in [5.41, 5.74) is 1.34. The molecule has 31 heavy (non-hydrogen) atoms. The van der Waals surface area contributed by atoms with Crippen LogP contribution >= 0.6 is 11.6 Å². The first kappa shape index (κ1) is 20.5. The summed E-state index contributed by atoms with van der Waals surface area (Å²) in [6.45, 7) is 0. The monoisotopic (exact) mass is 447 g/mol. The van der Waals surface area contributed by atoms with Gasteiger partial charge in [-0.25, -0.2) is 9.78 Å². The summed E-state index contributed by atoms with van der Waals surface area (Å²) < 4.78 is 41.3. The highest BCUT2D eigenvalue weighted by Crippen LogP contribution is 2.36. The minimum Gasteiger partial charge on any atom is -0.619 e. The third-order valence-electron chi connectivity index (χ3n) is 4.40. The van der Waals surface area contributed by atoms with Crippen molar-refractivity contribution in [2.75, 3.05) is 10.6 Å². The molecule has 0 fully saturated rings. The second-order valence-corrected chi connectivity index (χ2v) is 6.92. The Balaban J connectivity index is 1.47. The molecule has 2 aromatic carbocycles. The number of carbonyl (C=O) groups is 1. The second-order valence-electron chi connectivity index (χ2n) is 6.51. The van der Waals surface area contributed by atoms with E-state index in [1.807, 2.05) is 0 Å². The maximum Gasteiger partial charge on any atom is 0.417 e. The minimum absolute atomic E-state index is 0.0497. The summed E-state index contributed by atoms with van der Waals surface area (Å²) in [6.07, 6.45) is -0.347. The van der Waals surface area contributed by atoms with Crippen molar-refractivity contribution in [2.24, 2.45) is 0 Å². The van der Waals surface area contributed by atoms with Crippen LogP contribution < -0.4 is 15.4 Å². The zero-order valence-electron chi connectivity index (χ0n) is 15.5. The van der Waals surface area contributed by atoms with E-state index in [0.717, 1.165) is 23.3 Å². The van der Waals surface area contributed by atoms with Crippen LogP contribution in [0.25, 0.3) is 16.7 Å². The third kappa shape index (κ3) is 4.38. The molecule has 0 aliphatic carbocycles. The van der Waals surface area contributed by atoms with E-state index in [1.54, 1.807) is 41.2 Å². The number of urea groups is 1. The van der Waals surface area contributed by atoms with E-state index in [1.165, 1.54) is 18.5 Å². The number of aromatic nitrogens is 3. The van der Waals surface area contributed by atoms with Crippen LogP contribution in [0.2, 0.25) is 5.02 Å². The van der Waals surface area contributed by atoms with Gasteiger partial charge in [-0.05, 0) is 42.5 Å². The lowest BCUT2D eigenvalue weighted by atomic mass is 10.2. The maximum atomic E-state index is 12.9. The van der Waals surface area contributed by atoms with Gasteiger partial charge in [-0.3, -0.25) is 4.57 Å². The minimum atomic E-state index is -4.63. The average molecular weight is 448 g/mol. The molecule has 4 aromatic rings. The quantitative estimate of drug-likeness (QED) is 0.343. The van der Waals surface area contributed by atoms with Gasteiger partial charge in [0.2, 0.25) is 6.20 Å². The van der Waals surface area contributed by atoms with E-state index in [9.17, 15) is 23.2 Å². The van der Waals surface area contributed by atoms with E-state index in [2.05, 4.69) is 15.6 Å². The number of fused-ring (bicyclic) bond motifs is 1. The Morgan fingerprint density at radius 3 is 2.45 bits per heavy atom. The molecule has 7 nitrogen and oxygen atoms in total. The number of amides is 2. The van der Waals surface area contributed by atoms with Crippen LogP contribution in [0.5, 0.6) is 0 Å². The molecule has 0 radical (unpaired) electrons. The standard InChI is InChI=1S/C20H13ClF3N5O2/c21-16-6-3-13(9-15(16)20(22,23)24)27-19(30)26-12-1-4-14(5-2-12)29-11-25-17-10-28(31)8-7-18(17)29/h1-11H,(H2,26,27,30). The van der Waals surface area contributed by atoms with Crippen LogP contribution in [-0.2, 0) is 6.18 Å². The van der Waals surface area contributed by atoms with Crippen LogP contribution in [0.4, 0.5) is 29.3 Å². The molecule has 11 heteroatoms. The molecule has 0 aliphatic rings. The lowest BCUT2D eigenvalue weighted by Crippen LogP contribution is -2.23. The highest BCUT2D eigenvalue weighted by molar-refractivity contribution is 6.31. The zero-order chi connectivity index (χ0) is 22.2. The smallest absolute Gasteiger partial charge is 0.417 e. The Morgan fingerprint density at radius 2 is 1.74 bits per heavy atom. The van der Waals surface area contributed by atoms with Crippen LogP contribution in [-0.4, -0.2) is 15.6 Å². The molecule has 0 aliphatic heterocycles. The van der Waals surface area contributed by atoms with E-state index < -0.39 is 22.8 Å². The van der Waals surface area contributed by atoms with Crippen molar-refractivity contribution in [3.63, 3.8) is 0 Å². The van der Waals surface area contributed by atoms with E-state index in [4.69, 9.17) is 11.6 Å². The number of alkyl halides is 3. The van der Waals surface area contributed by atoms with E-state index >= 15 is 0 Å². The number of anilines is 2. The summed E-state index contributed by atoms with van der Waals surface area (Å²) in [6, 6.07) is 10.7. The number of pyridine rings is 1. The summed E-state index contributed by atoms with van der Waals surface area (Å²) >= 11 is 5.58. The molecule has 0 spiro atoms. The topological polar surface area (TPSA) is 85.9 Å². The van der Waals surface area contributed by atoms with E-state index in [-0.39, 0.29) is 5.69 Å². The molecule has 0 atom stereocenters. The fourth-order valence-corrected chi connectivity index (χ4v) is 3.19. The van der Waals surface area contributed by atoms with Gasteiger partial charge >= 0.3 is 12.2 Å². The molecule has 2 amide bonds. The molecule has 2 N–H and O–H groups in total. The Labute approximate surface area is 178 Å². The molecular weight excluding hydrogens is 435 g/mol. The molecule has 0 bridgehead atoms. The Morgan fingerprint density at radius 1 is 1.06 bits per heavy atom. The zero-order valence-corrected chi connectivity index (χ0v) is 16.3. The average Bonchev–Trinajstić information content (AvgIpc) is 3.12. The Bertz CT molecular complexity index is 1270. The van der Waals surface area contributed by atoms with Gasteiger partial charge in [-0.1, -0.05) is 11.6 Å². The molecule has 0 saturated carbocycles. The summed E-state index contributed by atoms with van der Waals surface area (Å²) in [4.78, 5) is 16.3. The number of hydrogen-bond donors (Lipinski definition) is 2. The predicted molar refractivity (Wildman–Crippen MR) is 109 cm³/mol. The van der Waals surface area contributed by atoms with Gasteiger partial charge in [0, 0.05) is 23.1 Å². The SMILES string of the molecule is O=C(Nc1ccc(-n2cnc3c[n+]([O-])ccc32)cc1)Nc1ccc(Cl)c(C(F)(F)F)c1. The van der Waals surface area contributed by atoms with Gasteiger partial charge in [0.05, 0.1) is 16.1 Å². The molecule has 2 aromatic heterocycles. The van der Waals surface area contributed by atoms with Crippen LogP contribution in [0.15, 0.2) is 67.3 Å². The molecule has 158 valence electrons. The van der Waals surface area contributed by atoms with Crippen molar-refractivity contribution in [3.8, 4) is 5.69 Å². The van der Waals surface area contributed by atoms with Crippen molar-refractivity contribution in [1.29, 1.82) is 0 Å². The fraction of sp³-hybridized carbons (Fsp3) is 0.0500. The first-order chi connectivity index (χ1) is 14.7. The number of carbonyl (C=O) groups excluding carboxylic acids is 1. The van der Waals surface area contributed by atoms with Gasteiger partial charge in [0.1, 0.15) is 6.33 Å². The molecular formula is C20H13ClF3N5O2.